The number of carbonyl (C=O) groups excluding carboxylic acids is 2. The van der Waals surface area contributed by atoms with Gasteiger partial charge in [0.2, 0.25) is 0 Å². The average Bonchev–Trinajstić information content (AvgIpc) is 3.40. The molecule has 32 heavy (non-hydrogen) atoms. The highest BCUT2D eigenvalue weighted by molar-refractivity contribution is 6.07. The summed E-state index contributed by atoms with van der Waals surface area (Å²) in [6.07, 6.45) is 0.354. The van der Waals surface area contributed by atoms with Gasteiger partial charge < -0.3 is 9.84 Å². The highest BCUT2D eigenvalue weighted by atomic mass is 16.5. The molecule has 1 fully saturated rings. The molecule has 0 unspecified atom stereocenters. The molecule has 5 rings (SSSR count). The number of imide groups is 1. The minimum Gasteiger partial charge on any atom is -0.356 e. The van der Waals surface area contributed by atoms with E-state index < -0.39 is 11.6 Å². The second-order valence-electron chi connectivity index (χ2n) is 7.80. The van der Waals surface area contributed by atoms with E-state index in [-0.39, 0.29) is 12.5 Å². The van der Waals surface area contributed by atoms with E-state index in [1.54, 1.807) is 6.07 Å². The van der Waals surface area contributed by atoms with Crippen molar-refractivity contribution < 1.29 is 14.1 Å². The maximum Gasteiger partial charge on any atom is 0.325 e. The third-order valence-corrected chi connectivity index (χ3v) is 5.69. The fourth-order valence-corrected chi connectivity index (χ4v) is 4.10. The van der Waals surface area contributed by atoms with E-state index >= 15 is 0 Å². The molecule has 6 heteroatoms. The van der Waals surface area contributed by atoms with Gasteiger partial charge in [-0.25, -0.2) is 4.79 Å². The van der Waals surface area contributed by atoms with Crippen LogP contribution < -0.4 is 5.32 Å². The van der Waals surface area contributed by atoms with E-state index in [2.05, 4.69) is 10.5 Å². The number of nitrogens with zero attached hydrogens (tertiary/aromatic N) is 2. The Bertz CT molecular complexity index is 1240. The second kappa shape index (κ2) is 8.15. The average molecular weight is 423 g/mol. The molecule has 1 atom stereocenters. The fraction of sp³-hybridized carbons (Fsp3) is 0.115. The minimum atomic E-state index is -1.17. The van der Waals surface area contributed by atoms with Gasteiger partial charge in [0.15, 0.2) is 11.3 Å². The number of hydrogen-bond donors (Lipinski definition) is 1. The first-order chi connectivity index (χ1) is 15.7. The van der Waals surface area contributed by atoms with Gasteiger partial charge >= 0.3 is 6.03 Å². The SMILES string of the molecule is O=C1N[C@](Cc2ccccc2)(c2ccccc2)C(=O)N1Cc1cc(-c2ccccc2)on1. The van der Waals surface area contributed by atoms with Crippen molar-refractivity contribution in [1.82, 2.24) is 15.4 Å². The summed E-state index contributed by atoms with van der Waals surface area (Å²) < 4.78 is 5.44. The second-order valence-corrected chi connectivity index (χ2v) is 7.80. The quantitative estimate of drug-likeness (QED) is 0.462. The number of hydrogen-bond acceptors (Lipinski definition) is 4. The zero-order valence-electron chi connectivity index (χ0n) is 17.3. The van der Waals surface area contributed by atoms with Crippen LogP contribution in [0, 0.1) is 0 Å². The number of amides is 3. The number of carbonyl (C=O) groups is 2. The van der Waals surface area contributed by atoms with Gasteiger partial charge in [-0.2, -0.15) is 0 Å². The minimum absolute atomic E-state index is 0.0321. The van der Waals surface area contributed by atoms with Gasteiger partial charge in [0.05, 0.1) is 6.54 Å². The predicted octanol–water partition coefficient (Wildman–Crippen LogP) is 4.53. The Labute approximate surface area is 185 Å². The van der Waals surface area contributed by atoms with Crippen LogP contribution in [0.2, 0.25) is 0 Å². The Kier molecular flexibility index (Phi) is 5.03. The monoisotopic (exact) mass is 423 g/mol. The Hall–Kier alpha value is -4.19. The molecule has 6 nitrogen and oxygen atoms in total. The number of nitrogens with one attached hydrogen (secondary N) is 1. The molecule has 0 aliphatic carbocycles. The van der Waals surface area contributed by atoms with Crippen LogP contribution in [0.25, 0.3) is 11.3 Å². The Morgan fingerprint density at radius 1 is 0.844 bits per heavy atom. The van der Waals surface area contributed by atoms with Crippen LogP contribution in [0.15, 0.2) is 102 Å². The Morgan fingerprint density at radius 3 is 2.16 bits per heavy atom. The van der Waals surface area contributed by atoms with Gasteiger partial charge in [0.1, 0.15) is 5.69 Å². The number of benzene rings is 3. The summed E-state index contributed by atoms with van der Waals surface area (Å²) in [6, 6.07) is 29.9. The lowest BCUT2D eigenvalue weighted by molar-refractivity contribution is -0.132. The van der Waals surface area contributed by atoms with Gasteiger partial charge in [0.25, 0.3) is 5.91 Å². The van der Waals surface area contributed by atoms with Crippen LogP contribution in [0.1, 0.15) is 16.8 Å². The summed E-state index contributed by atoms with van der Waals surface area (Å²) >= 11 is 0. The van der Waals surface area contributed by atoms with Crippen molar-refractivity contribution in [2.45, 2.75) is 18.5 Å². The molecule has 2 heterocycles. The molecule has 0 bridgehead atoms. The molecule has 0 saturated carbocycles. The van der Waals surface area contributed by atoms with Gasteiger partial charge in [-0.05, 0) is 11.1 Å². The third kappa shape index (κ3) is 3.56. The lowest BCUT2D eigenvalue weighted by atomic mass is 9.83. The van der Waals surface area contributed by atoms with E-state index in [0.717, 1.165) is 16.7 Å². The van der Waals surface area contributed by atoms with Crippen molar-refractivity contribution in [3.8, 4) is 11.3 Å². The Balaban J connectivity index is 1.46. The molecule has 1 aliphatic rings. The summed E-state index contributed by atoms with van der Waals surface area (Å²) in [5.74, 6) is 0.285. The Morgan fingerprint density at radius 2 is 1.47 bits per heavy atom. The molecular formula is C26H21N3O3. The first-order valence-corrected chi connectivity index (χ1v) is 10.4. The first kappa shape index (κ1) is 19.8. The van der Waals surface area contributed by atoms with Crippen LogP contribution in [0.3, 0.4) is 0 Å². The van der Waals surface area contributed by atoms with Crippen LogP contribution in [-0.2, 0) is 23.3 Å². The number of urea groups is 1. The lowest BCUT2D eigenvalue weighted by Crippen LogP contribution is -2.46. The summed E-state index contributed by atoms with van der Waals surface area (Å²) in [5, 5.41) is 7.05. The molecule has 0 spiro atoms. The van der Waals surface area contributed by atoms with E-state index in [0.29, 0.717) is 17.9 Å². The molecule has 3 aromatic carbocycles. The lowest BCUT2D eigenvalue weighted by Gasteiger charge is -2.27. The summed E-state index contributed by atoms with van der Waals surface area (Å²) in [7, 11) is 0. The van der Waals surface area contributed by atoms with Crippen molar-refractivity contribution in [2.24, 2.45) is 0 Å². The molecule has 3 amide bonds. The summed E-state index contributed by atoms with van der Waals surface area (Å²) in [4.78, 5) is 27.9. The number of rotatable bonds is 6. The van der Waals surface area contributed by atoms with E-state index in [1.165, 1.54) is 4.90 Å². The molecular weight excluding hydrogens is 402 g/mol. The molecule has 1 aliphatic heterocycles. The maximum absolute atomic E-state index is 13.7. The van der Waals surface area contributed by atoms with Crippen LogP contribution in [0.5, 0.6) is 0 Å². The summed E-state index contributed by atoms with van der Waals surface area (Å²) in [6.45, 7) is 0.0321. The zero-order valence-corrected chi connectivity index (χ0v) is 17.3. The van der Waals surface area contributed by atoms with Crippen molar-refractivity contribution in [2.75, 3.05) is 0 Å². The molecule has 158 valence electrons. The van der Waals surface area contributed by atoms with Crippen LogP contribution >= 0.6 is 0 Å². The summed E-state index contributed by atoms with van der Waals surface area (Å²) in [5.41, 5.74) is 1.92. The highest BCUT2D eigenvalue weighted by Gasteiger charge is 2.52. The van der Waals surface area contributed by atoms with Crippen molar-refractivity contribution >= 4 is 11.9 Å². The maximum atomic E-state index is 13.7. The van der Waals surface area contributed by atoms with E-state index in [4.69, 9.17) is 4.52 Å². The molecule has 1 N–H and O–H groups in total. The fourth-order valence-electron chi connectivity index (χ4n) is 4.10. The predicted molar refractivity (Wildman–Crippen MR) is 119 cm³/mol. The van der Waals surface area contributed by atoms with Crippen LogP contribution in [-0.4, -0.2) is 22.0 Å². The molecule has 1 saturated heterocycles. The normalized spacial score (nSPS) is 18.1. The largest absolute Gasteiger partial charge is 0.356 e. The van der Waals surface area contributed by atoms with Crippen molar-refractivity contribution in [3.05, 3.63) is 114 Å². The zero-order chi connectivity index (χ0) is 22.0. The topological polar surface area (TPSA) is 75.4 Å². The van der Waals surface area contributed by atoms with Gasteiger partial charge in [0, 0.05) is 18.1 Å². The molecule has 4 aromatic rings. The van der Waals surface area contributed by atoms with Crippen LogP contribution in [0.4, 0.5) is 4.79 Å². The third-order valence-electron chi connectivity index (χ3n) is 5.69. The molecule has 1 aromatic heterocycles. The van der Waals surface area contributed by atoms with Gasteiger partial charge in [-0.3, -0.25) is 9.69 Å². The van der Waals surface area contributed by atoms with Gasteiger partial charge in [-0.1, -0.05) is 96.2 Å². The first-order valence-electron chi connectivity index (χ1n) is 10.4. The van der Waals surface area contributed by atoms with Gasteiger partial charge in [-0.15, -0.1) is 0 Å². The van der Waals surface area contributed by atoms with E-state index in [1.807, 2.05) is 91.0 Å². The molecule has 0 radical (unpaired) electrons. The van der Waals surface area contributed by atoms with Crippen molar-refractivity contribution in [1.29, 1.82) is 0 Å². The highest BCUT2D eigenvalue weighted by Crippen LogP contribution is 2.34. The smallest absolute Gasteiger partial charge is 0.325 e. The standard InChI is InChI=1S/C26H21N3O3/c30-24-26(21-14-8-3-9-15-21,17-19-10-4-1-5-11-19)27-25(31)29(24)18-22-16-23(32-28-22)20-12-6-2-7-13-20/h1-16H,17-18H2,(H,27,31)/t26-/m1/s1. The van der Waals surface area contributed by atoms with Crippen molar-refractivity contribution in [3.63, 3.8) is 0 Å². The number of aromatic nitrogens is 1. The van der Waals surface area contributed by atoms with E-state index in [9.17, 15) is 9.59 Å².